The third kappa shape index (κ3) is 2.77. The highest BCUT2D eigenvalue weighted by atomic mass is 127. The maximum Gasteiger partial charge on any atom is 0.0599 e. The van der Waals surface area contributed by atoms with Crippen LogP contribution >= 0.6 is 22.6 Å². The summed E-state index contributed by atoms with van der Waals surface area (Å²) >= 11 is 2.43. The average Bonchev–Trinajstić information content (AvgIpc) is 2.47. The molecule has 0 amide bonds. The summed E-state index contributed by atoms with van der Waals surface area (Å²) < 4.78 is 1.15. The Balaban J connectivity index is 1.83. The van der Waals surface area contributed by atoms with E-state index in [1.165, 1.54) is 23.1 Å². The topological polar surface area (TPSA) is 23.5 Å². The Morgan fingerprint density at radius 3 is 3.00 bits per heavy atom. The molecule has 2 heterocycles. The number of hydrogen-bond acceptors (Lipinski definition) is 2. The summed E-state index contributed by atoms with van der Waals surface area (Å²) in [6, 6.07) is 7.42. The normalized spacial score (nSPS) is 29.9. The summed E-state index contributed by atoms with van der Waals surface area (Å²) in [5, 5.41) is 10.4. The second kappa shape index (κ2) is 6.32. The molecule has 3 heteroatoms. The molecule has 0 spiro atoms. The smallest absolute Gasteiger partial charge is 0.0599 e. The van der Waals surface area contributed by atoms with Crippen molar-refractivity contribution in [2.45, 2.75) is 44.8 Å². The van der Waals surface area contributed by atoms with Crippen LogP contribution in [0.4, 0.5) is 0 Å². The Morgan fingerprint density at radius 1 is 1.40 bits per heavy atom. The molecule has 0 aliphatic carbocycles. The van der Waals surface area contributed by atoms with Gasteiger partial charge in [0.25, 0.3) is 0 Å². The fourth-order valence-electron chi connectivity index (χ4n) is 3.80. The van der Waals surface area contributed by atoms with Crippen molar-refractivity contribution in [3.63, 3.8) is 0 Å². The average molecular weight is 385 g/mol. The number of alkyl halides is 1. The second-order valence-electron chi connectivity index (χ2n) is 6.19. The lowest BCUT2D eigenvalue weighted by atomic mass is 9.80. The molecule has 2 nitrogen and oxygen atoms in total. The van der Waals surface area contributed by atoms with Gasteiger partial charge < -0.3 is 5.11 Å². The molecular formula is C17H24INO. The number of piperidine rings is 1. The molecule has 1 aromatic rings. The fourth-order valence-corrected chi connectivity index (χ4v) is 4.60. The Kier molecular flexibility index (Phi) is 4.68. The van der Waals surface area contributed by atoms with Gasteiger partial charge in [0.15, 0.2) is 0 Å². The summed E-state index contributed by atoms with van der Waals surface area (Å²) in [6.45, 7) is 4.45. The minimum Gasteiger partial charge on any atom is -0.393 e. The number of nitrogens with zero attached hydrogens (tertiary/aromatic N) is 1. The Morgan fingerprint density at radius 2 is 2.25 bits per heavy atom. The highest BCUT2D eigenvalue weighted by Crippen LogP contribution is 2.39. The van der Waals surface area contributed by atoms with Crippen molar-refractivity contribution < 1.29 is 5.11 Å². The first-order valence-electron chi connectivity index (χ1n) is 7.82. The van der Waals surface area contributed by atoms with Crippen LogP contribution in [-0.2, 0) is 12.8 Å². The van der Waals surface area contributed by atoms with E-state index in [0.717, 1.165) is 36.8 Å². The molecule has 20 heavy (non-hydrogen) atoms. The summed E-state index contributed by atoms with van der Waals surface area (Å²) in [4.78, 5) is 2.61. The number of halogens is 1. The van der Waals surface area contributed by atoms with Crippen LogP contribution < -0.4 is 0 Å². The third-order valence-electron chi connectivity index (χ3n) is 5.04. The number of rotatable bonds is 3. The summed E-state index contributed by atoms with van der Waals surface area (Å²) in [5.41, 5.74) is 4.43. The molecule has 3 atom stereocenters. The van der Waals surface area contributed by atoms with Crippen molar-refractivity contribution in [1.29, 1.82) is 0 Å². The monoisotopic (exact) mass is 385 g/mol. The van der Waals surface area contributed by atoms with Gasteiger partial charge in [-0.2, -0.15) is 0 Å². The van der Waals surface area contributed by atoms with Gasteiger partial charge in [0.05, 0.1) is 6.10 Å². The SMILES string of the molecule is CCc1ccc2c(c1)CCN1C[C@H](CCI)[C@@H](O)C[C@@H]21. The zero-order valence-corrected chi connectivity index (χ0v) is 14.3. The van der Waals surface area contributed by atoms with Gasteiger partial charge in [-0.15, -0.1) is 0 Å². The minimum absolute atomic E-state index is 0.122. The quantitative estimate of drug-likeness (QED) is 0.637. The van der Waals surface area contributed by atoms with Gasteiger partial charge in [-0.1, -0.05) is 47.7 Å². The van der Waals surface area contributed by atoms with Crippen molar-refractivity contribution >= 4 is 22.6 Å². The van der Waals surface area contributed by atoms with Crippen LogP contribution in [0.1, 0.15) is 42.5 Å². The number of hydrogen-bond donors (Lipinski definition) is 1. The maximum absolute atomic E-state index is 10.4. The van der Waals surface area contributed by atoms with Gasteiger partial charge in [-0.05, 0) is 52.7 Å². The van der Waals surface area contributed by atoms with Crippen molar-refractivity contribution in [1.82, 2.24) is 4.90 Å². The maximum atomic E-state index is 10.4. The second-order valence-corrected chi connectivity index (χ2v) is 7.27. The summed E-state index contributed by atoms with van der Waals surface area (Å²) in [7, 11) is 0. The molecule has 0 bridgehead atoms. The molecule has 0 aromatic heterocycles. The molecule has 2 aliphatic rings. The zero-order chi connectivity index (χ0) is 14.1. The van der Waals surface area contributed by atoms with Gasteiger partial charge in [0.2, 0.25) is 0 Å². The van der Waals surface area contributed by atoms with E-state index in [0.29, 0.717) is 12.0 Å². The molecule has 0 saturated carbocycles. The lowest BCUT2D eigenvalue weighted by Gasteiger charge is -2.45. The molecule has 1 aromatic carbocycles. The Hall–Kier alpha value is -0.130. The van der Waals surface area contributed by atoms with Gasteiger partial charge in [-0.25, -0.2) is 0 Å². The van der Waals surface area contributed by atoms with Gasteiger partial charge >= 0.3 is 0 Å². The van der Waals surface area contributed by atoms with Crippen LogP contribution in [-0.4, -0.2) is 33.6 Å². The van der Waals surface area contributed by atoms with E-state index >= 15 is 0 Å². The largest absolute Gasteiger partial charge is 0.393 e. The van der Waals surface area contributed by atoms with E-state index < -0.39 is 0 Å². The van der Waals surface area contributed by atoms with Crippen molar-refractivity contribution in [3.05, 3.63) is 34.9 Å². The number of aryl methyl sites for hydroxylation is 1. The van der Waals surface area contributed by atoms with Crippen LogP contribution in [0, 0.1) is 5.92 Å². The fraction of sp³-hybridized carbons (Fsp3) is 0.647. The van der Waals surface area contributed by atoms with Crippen LogP contribution in [0.2, 0.25) is 0 Å². The van der Waals surface area contributed by atoms with Gasteiger partial charge in [-0.3, -0.25) is 4.90 Å². The standard InChI is InChI=1S/C17H24INO/c1-2-12-3-4-15-13(9-12)6-8-19-11-14(5-7-18)17(20)10-16(15)19/h3-4,9,14,16-17,20H,2,5-8,10-11H2,1H3/t14-,16-,17-/m0/s1. The van der Waals surface area contributed by atoms with Crippen LogP contribution in [0.25, 0.3) is 0 Å². The van der Waals surface area contributed by atoms with Crippen LogP contribution in [0.3, 0.4) is 0 Å². The first kappa shape index (κ1) is 14.8. The number of aliphatic hydroxyl groups excluding tert-OH is 1. The molecule has 3 rings (SSSR count). The predicted octanol–water partition coefficient (Wildman–Crippen LogP) is 3.35. The highest BCUT2D eigenvalue weighted by molar-refractivity contribution is 14.1. The van der Waals surface area contributed by atoms with E-state index in [9.17, 15) is 5.11 Å². The third-order valence-corrected chi connectivity index (χ3v) is 5.66. The van der Waals surface area contributed by atoms with Crippen LogP contribution in [0.5, 0.6) is 0 Å². The van der Waals surface area contributed by atoms with Crippen molar-refractivity contribution in [2.24, 2.45) is 5.92 Å². The Labute approximate surface area is 135 Å². The predicted molar refractivity (Wildman–Crippen MR) is 91.5 cm³/mol. The molecule has 1 N–H and O–H groups in total. The van der Waals surface area contributed by atoms with Crippen molar-refractivity contribution in [2.75, 3.05) is 17.5 Å². The molecule has 110 valence electrons. The zero-order valence-electron chi connectivity index (χ0n) is 12.2. The summed E-state index contributed by atoms with van der Waals surface area (Å²) in [6.07, 6.45) is 4.23. The molecule has 2 aliphatic heterocycles. The van der Waals surface area contributed by atoms with E-state index in [-0.39, 0.29) is 6.10 Å². The van der Waals surface area contributed by atoms with Crippen LogP contribution in [0.15, 0.2) is 18.2 Å². The Bertz CT molecular complexity index is 476. The molecule has 1 fully saturated rings. The van der Waals surface area contributed by atoms with E-state index in [4.69, 9.17) is 0 Å². The van der Waals surface area contributed by atoms with E-state index in [2.05, 4.69) is 52.6 Å². The summed E-state index contributed by atoms with van der Waals surface area (Å²) in [5.74, 6) is 0.472. The van der Waals surface area contributed by atoms with E-state index in [1.54, 1.807) is 0 Å². The number of aliphatic hydroxyl groups is 1. The lowest BCUT2D eigenvalue weighted by molar-refractivity contribution is -0.0124. The molecule has 0 radical (unpaired) electrons. The first-order chi connectivity index (χ1) is 9.72. The highest BCUT2D eigenvalue weighted by Gasteiger charge is 2.37. The number of benzene rings is 1. The lowest BCUT2D eigenvalue weighted by Crippen LogP contribution is -2.48. The molecule has 1 saturated heterocycles. The van der Waals surface area contributed by atoms with E-state index in [1.807, 2.05) is 0 Å². The van der Waals surface area contributed by atoms with Gasteiger partial charge in [0.1, 0.15) is 0 Å². The molecular weight excluding hydrogens is 361 g/mol. The van der Waals surface area contributed by atoms with Gasteiger partial charge in [0, 0.05) is 19.1 Å². The first-order valence-corrected chi connectivity index (χ1v) is 9.35. The van der Waals surface area contributed by atoms with Crippen molar-refractivity contribution in [3.8, 4) is 0 Å². The number of fused-ring (bicyclic) bond motifs is 3. The minimum atomic E-state index is -0.122. The molecule has 0 unspecified atom stereocenters.